The van der Waals surface area contributed by atoms with E-state index < -0.39 is 5.97 Å². The van der Waals surface area contributed by atoms with Crippen LogP contribution in [-0.2, 0) is 17.8 Å². The SMILES string of the molecule is CCCCc1cc2c(=O)c(OC(C)=O)c[nH]c2cc1OCc1ccccc1. The van der Waals surface area contributed by atoms with Gasteiger partial charge in [0.1, 0.15) is 12.4 Å². The molecule has 0 radical (unpaired) electrons. The molecule has 0 saturated carbocycles. The zero-order valence-corrected chi connectivity index (χ0v) is 15.6. The van der Waals surface area contributed by atoms with Gasteiger partial charge < -0.3 is 14.5 Å². The topological polar surface area (TPSA) is 68.4 Å². The summed E-state index contributed by atoms with van der Waals surface area (Å²) in [5.74, 6) is 0.249. The highest BCUT2D eigenvalue weighted by Gasteiger charge is 2.13. The van der Waals surface area contributed by atoms with Gasteiger partial charge in [-0.1, -0.05) is 43.7 Å². The van der Waals surface area contributed by atoms with E-state index in [4.69, 9.17) is 9.47 Å². The maximum absolute atomic E-state index is 12.6. The number of nitrogens with one attached hydrogen (secondary N) is 1. The molecule has 3 rings (SSSR count). The van der Waals surface area contributed by atoms with Gasteiger partial charge >= 0.3 is 5.97 Å². The minimum atomic E-state index is -0.520. The van der Waals surface area contributed by atoms with E-state index >= 15 is 0 Å². The standard InChI is InChI=1S/C22H23NO4/c1-3-4-10-17-11-18-19(23-13-21(22(18)25)27-15(2)24)12-20(17)26-14-16-8-6-5-7-9-16/h5-9,11-13H,3-4,10,14H2,1-2H3,(H,23,25). The number of aromatic amines is 1. The number of aromatic nitrogens is 1. The van der Waals surface area contributed by atoms with Crippen molar-refractivity contribution in [2.24, 2.45) is 0 Å². The fourth-order valence-electron chi connectivity index (χ4n) is 2.94. The number of benzene rings is 2. The molecule has 0 fully saturated rings. The highest BCUT2D eigenvalue weighted by Crippen LogP contribution is 2.27. The van der Waals surface area contributed by atoms with Crippen molar-refractivity contribution in [1.29, 1.82) is 0 Å². The molecule has 1 aromatic heterocycles. The summed E-state index contributed by atoms with van der Waals surface area (Å²) in [6.45, 7) is 3.86. The van der Waals surface area contributed by atoms with Gasteiger partial charge in [0, 0.05) is 24.6 Å². The summed E-state index contributed by atoms with van der Waals surface area (Å²) in [5, 5.41) is 0.493. The van der Waals surface area contributed by atoms with E-state index in [1.165, 1.54) is 13.1 Å². The average molecular weight is 365 g/mol. The molecule has 0 aliphatic rings. The first-order valence-corrected chi connectivity index (χ1v) is 9.12. The Morgan fingerprint density at radius 3 is 2.59 bits per heavy atom. The van der Waals surface area contributed by atoms with E-state index in [9.17, 15) is 9.59 Å². The zero-order valence-electron chi connectivity index (χ0n) is 15.6. The lowest BCUT2D eigenvalue weighted by molar-refractivity contribution is -0.131. The number of carbonyl (C=O) groups excluding carboxylic acids is 1. The molecule has 5 heteroatoms. The van der Waals surface area contributed by atoms with Crippen LogP contribution >= 0.6 is 0 Å². The molecule has 0 spiro atoms. The van der Waals surface area contributed by atoms with Crippen molar-refractivity contribution in [2.45, 2.75) is 39.7 Å². The molecule has 3 aromatic rings. The summed E-state index contributed by atoms with van der Waals surface area (Å²) in [6, 6.07) is 13.6. The van der Waals surface area contributed by atoms with Gasteiger partial charge in [-0.15, -0.1) is 0 Å². The van der Waals surface area contributed by atoms with E-state index in [0.717, 1.165) is 36.1 Å². The van der Waals surface area contributed by atoms with E-state index in [1.54, 1.807) is 0 Å². The number of aryl methyl sites for hydroxylation is 1. The Morgan fingerprint density at radius 1 is 1.11 bits per heavy atom. The van der Waals surface area contributed by atoms with Gasteiger partial charge in [-0.05, 0) is 30.0 Å². The number of carbonyl (C=O) groups is 1. The number of rotatable bonds is 7. The van der Waals surface area contributed by atoms with Crippen LogP contribution in [0.3, 0.4) is 0 Å². The summed E-state index contributed by atoms with van der Waals surface area (Å²) in [4.78, 5) is 26.9. The van der Waals surface area contributed by atoms with Crippen LogP contribution in [-0.4, -0.2) is 11.0 Å². The lowest BCUT2D eigenvalue weighted by atomic mass is 10.0. The summed E-state index contributed by atoms with van der Waals surface area (Å²) in [5.41, 5.74) is 2.41. The fourth-order valence-corrected chi connectivity index (χ4v) is 2.94. The van der Waals surface area contributed by atoms with Crippen LogP contribution in [0.4, 0.5) is 0 Å². The number of esters is 1. The molecule has 0 bridgehead atoms. The van der Waals surface area contributed by atoms with E-state index in [-0.39, 0.29) is 11.2 Å². The highest BCUT2D eigenvalue weighted by molar-refractivity contribution is 5.83. The quantitative estimate of drug-likeness (QED) is 0.631. The van der Waals surface area contributed by atoms with Crippen molar-refractivity contribution in [1.82, 2.24) is 4.98 Å². The van der Waals surface area contributed by atoms with Crippen LogP contribution in [0.5, 0.6) is 11.5 Å². The fraction of sp³-hybridized carbons (Fsp3) is 0.273. The van der Waals surface area contributed by atoms with Crippen LogP contribution in [0.1, 0.15) is 37.8 Å². The molecule has 1 heterocycles. The van der Waals surface area contributed by atoms with Crippen molar-refractivity contribution < 1.29 is 14.3 Å². The van der Waals surface area contributed by atoms with Crippen molar-refractivity contribution in [3.8, 4) is 11.5 Å². The minimum absolute atomic E-state index is 0.00870. The van der Waals surface area contributed by atoms with Crippen LogP contribution in [0.15, 0.2) is 53.5 Å². The third-order valence-electron chi connectivity index (χ3n) is 4.32. The molecule has 140 valence electrons. The molecule has 5 nitrogen and oxygen atoms in total. The van der Waals surface area contributed by atoms with Gasteiger partial charge in [-0.25, -0.2) is 0 Å². The maximum Gasteiger partial charge on any atom is 0.308 e. The molecular weight excluding hydrogens is 342 g/mol. The number of H-pyrrole nitrogens is 1. The Hall–Kier alpha value is -3.08. The molecule has 2 aromatic carbocycles. The highest BCUT2D eigenvalue weighted by atomic mass is 16.5. The lowest BCUT2D eigenvalue weighted by Crippen LogP contribution is -2.13. The predicted octanol–water partition coefficient (Wildman–Crippen LogP) is 4.38. The van der Waals surface area contributed by atoms with Gasteiger partial charge in [0.25, 0.3) is 0 Å². The van der Waals surface area contributed by atoms with Gasteiger partial charge in [0.2, 0.25) is 5.43 Å². The van der Waals surface area contributed by atoms with Gasteiger partial charge in [-0.3, -0.25) is 9.59 Å². The lowest BCUT2D eigenvalue weighted by Gasteiger charge is -2.13. The van der Waals surface area contributed by atoms with E-state index in [1.807, 2.05) is 42.5 Å². The first kappa shape index (κ1) is 18.7. The number of ether oxygens (including phenoxy) is 2. The summed E-state index contributed by atoms with van der Waals surface area (Å²) >= 11 is 0. The summed E-state index contributed by atoms with van der Waals surface area (Å²) in [6.07, 6.45) is 4.27. The molecule has 1 N–H and O–H groups in total. The maximum atomic E-state index is 12.6. The molecule has 0 amide bonds. The van der Waals surface area contributed by atoms with Crippen molar-refractivity contribution in [3.05, 3.63) is 70.0 Å². The van der Waals surface area contributed by atoms with E-state index in [2.05, 4.69) is 11.9 Å². The normalized spacial score (nSPS) is 10.7. The molecule has 0 aliphatic heterocycles. The second-order valence-corrected chi connectivity index (χ2v) is 6.46. The summed E-state index contributed by atoms with van der Waals surface area (Å²) < 4.78 is 11.1. The summed E-state index contributed by atoms with van der Waals surface area (Å²) in [7, 11) is 0. The second kappa shape index (κ2) is 8.54. The number of unbranched alkanes of at least 4 members (excludes halogenated alkanes) is 1. The minimum Gasteiger partial charge on any atom is -0.489 e. The second-order valence-electron chi connectivity index (χ2n) is 6.46. The number of pyridine rings is 1. The molecule has 0 atom stereocenters. The van der Waals surface area contributed by atoms with Crippen LogP contribution in [0, 0.1) is 0 Å². The largest absolute Gasteiger partial charge is 0.489 e. The monoisotopic (exact) mass is 365 g/mol. The Labute approximate surface area is 157 Å². The van der Waals surface area contributed by atoms with Crippen LogP contribution in [0.2, 0.25) is 0 Å². The van der Waals surface area contributed by atoms with Crippen molar-refractivity contribution in [2.75, 3.05) is 0 Å². The molecule has 0 saturated heterocycles. The van der Waals surface area contributed by atoms with Gasteiger partial charge in [0.15, 0.2) is 5.75 Å². The number of hydrogen-bond acceptors (Lipinski definition) is 4. The van der Waals surface area contributed by atoms with Crippen molar-refractivity contribution >= 4 is 16.9 Å². The Kier molecular flexibility index (Phi) is 5.91. The average Bonchev–Trinajstić information content (AvgIpc) is 2.67. The number of hydrogen-bond donors (Lipinski definition) is 1. The third kappa shape index (κ3) is 4.56. The van der Waals surface area contributed by atoms with Gasteiger partial charge in [0.05, 0.1) is 5.52 Å². The third-order valence-corrected chi connectivity index (χ3v) is 4.32. The first-order valence-electron chi connectivity index (χ1n) is 9.12. The Morgan fingerprint density at radius 2 is 1.89 bits per heavy atom. The Balaban J connectivity index is 1.98. The Bertz CT molecular complexity index is 992. The van der Waals surface area contributed by atoms with Crippen molar-refractivity contribution in [3.63, 3.8) is 0 Å². The van der Waals surface area contributed by atoms with Crippen LogP contribution < -0.4 is 14.9 Å². The molecule has 0 unspecified atom stereocenters. The zero-order chi connectivity index (χ0) is 19.2. The number of fused-ring (bicyclic) bond motifs is 1. The van der Waals surface area contributed by atoms with E-state index in [0.29, 0.717) is 17.5 Å². The molecule has 0 aliphatic carbocycles. The predicted molar refractivity (Wildman–Crippen MR) is 105 cm³/mol. The smallest absolute Gasteiger partial charge is 0.308 e. The molecular formula is C22H23NO4. The van der Waals surface area contributed by atoms with Crippen LogP contribution in [0.25, 0.3) is 10.9 Å². The van der Waals surface area contributed by atoms with Gasteiger partial charge in [-0.2, -0.15) is 0 Å². The first-order chi connectivity index (χ1) is 13.1. The molecule has 27 heavy (non-hydrogen) atoms.